The second-order valence-corrected chi connectivity index (χ2v) is 2.17. The number of hydrogen-bond acceptors (Lipinski definition) is 2. The highest BCUT2D eigenvalue weighted by Gasteiger charge is 1.97. The molecule has 0 N–H and O–H groups in total. The van der Waals surface area contributed by atoms with E-state index in [1.165, 1.54) is 6.26 Å². The van der Waals surface area contributed by atoms with Crippen LogP contribution in [0.5, 0.6) is 0 Å². The van der Waals surface area contributed by atoms with Crippen molar-refractivity contribution in [1.82, 2.24) is 0 Å². The van der Waals surface area contributed by atoms with Gasteiger partial charge in [0.2, 0.25) is 0 Å². The number of carbonyl (C=O) groups excluding carboxylic acids is 1. The summed E-state index contributed by atoms with van der Waals surface area (Å²) in [6.07, 6.45) is 5.38. The molecule has 0 saturated heterocycles. The van der Waals surface area contributed by atoms with Crippen LogP contribution in [0.25, 0.3) is 0 Å². The molecule has 0 aliphatic carbocycles. The van der Waals surface area contributed by atoms with Gasteiger partial charge in [-0.25, -0.2) is 0 Å². The van der Waals surface area contributed by atoms with Crippen LogP contribution in [0, 0.1) is 0 Å². The number of esters is 1. The van der Waals surface area contributed by atoms with E-state index in [2.05, 4.69) is 10.5 Å². The molecule has 0 saturated carbocycles. The second-order valence-electron chi connectivity index (χ2n) is 2.17. The number of carbonyl (C=O) groups is 1. The minimum Gasteiger partial charge on any atom is -0.426 e. The molecule has 62 valence electrons. The molecule has 0 atom stereocenters. The molecule has 2 nitrogen and oxygen atoms in total. The SMILES string of the molecule is CC=C=COC(=O)CCCC. The lowest BCUT2D eigenvalue weighted by molar-refractivity contribution is -0.138. The smallest absolute Gasteiger partial charge is 0.311 e. The second kappa shape index (κ2) is 7.10. The Bertz CT molecular complexity index is 164. The van der Waals surface area contributed by atoms with E-state index in [1.807, 2.05) is 13.8 Å². The van der Waals surface area contributed by atoms with E-state index in [0.29, 0.717) is 6.42 Å². The molecule has 2 heteroatoms. The van der Waals surface area contributed by atoms with Crippen molar-refractivity contribution in [1.29, 1.82) is 0 Å². The Hall–Kier alpha value is -1.01. The highest BCUT2D eigenvalue weighted by atomic mass is 16.5. The summed E-state index contributed by atoms with van der Waals surface area (Å²) in [6, 6.07) is 0. The van der Waals surface area contributed by atoms with Crippen LogP contribution in [0.15, 0.2) is 18.1 Å². The van der Waals surface area contributed by atoms with Gasteiger partial charge in [-0.1, -0.05) is 19.1 Å². The molecule has 0 aliphatic heterocycles. The van der Waals surface area contributed by atoms with E-state index in [1.54, 1.807) is 6.08 Å². The lowest BCUT2D eigenvalue weighted by atomic mass is 10.3. The normalized spacial score (nSPS) is 8.18. The van der Waals surface area contributed by atoms with Gasteiger partial charge in [-0.05, 0) is 19.4 Å². The van der Waals surface area contributed by atoms with Crippen LogP contribution in [0.2, 0.25) is 0 Å². The molecular formula is C9H14O2. The molecule has 11 heavy (non-hydrogen) atoms. The van der Waals surface area contributed by atoms with Gasteiger partial charge in [0, 0.05) is 6.42 Å². The Kier molecular flexibility index (Phi) is 6.45. The average molecular weight is 154 g/mol. The van der Waals surface area contributed by atoms with Gasteiger partial charge in [-0.15, -0.1) is 0 Å². The predicted molar refractivity (Wildman–Crippen MR) is 43.9 cm³/mol. The van der Waals surface area contributed by atoms with Gasteiger partial charge in [0.1, 0.15) is 6.26 Å². The Balaban J connectivity index is 3.45. The van der Waals surface area contributed by atoms with Crippen LogP contribution >= 0.6 is 0 Å². The minimum absolute atomic E-state index is 0.179. The minimum atomic E-state index is -0.179. The molecular weight excluding hydrogens is 140 g/mol. The van der Waals surface area contributed by atoms with Gasteiger partial charge in [-0.3, -0.25) is 4.79 Å². The van der Waals surface area contributed by atoms with Gasteiger partial charge >= 0.3 is 5.97 Å². The summed E-state index contributed by atoms with van der Waals surface area (Å²) < 4.78 is 4.68. The molecule has 0 spiro atoms. The van der Waals surface area contributed by atoms with Crippen molar-refractivity contribution in [3.8, 4) is 0 Å². The first-order valence-electron chi connectivity index (χ1n) is 3.86. The molecule has 0 fully saturated rings. The molecule has 0 rings (SSSR count). The quantitative estimate of drug-likeness (QED) is 0.353. The third-order valence-electron chi connectivity index (χ3n) is 1.16. The molecule has 0 amide bonds. The fraction of sp³-hybridized carbons (Fsp3) is 0.556. The maximum absolute atomic E-state index is 10.8. The van der Waals surface area contributed by atoms with E-state index in [4.69, 9.17) is 0 Å². The Morgan fingerprint density at radius 3 is 2.91 bits per heavy atom. The molecule has 0 bridgehead atoms. The molecule has 0 aromatic carbocycles. The standard InChI is InChI=1S/C9H14O2/c1-3-5-7-9(10)11-8-6-4-2/h4,8H,3,5,7H2,1-2H3. The van der Waals surface area contributed by atoms with Crippen LogP contribution in [0.4, 0.5) is 0 Å². The number of hydrogen-bond donors (Lipinski definition) is 0. The topological polar surface area (TPSA) is 26.3 Å². The van der Waals surface area contributed by atoms with Crippen molar-refractivity contribution >= 4 is 5.97 Å². The van der Waals surface area contributed by atoms with Gasteiger partial charge in [0.15, 0.2) is 0 Å². The fourth-order valence-electron chi connectivity index (χ4n) is 0.548. The summed E-state index contributed by atoms with van der Waals surface area (Å²) in [4.78, 5) is 10.8. The van der Waals surface area contributed by atoms with Crippen molar-refractivity contribution in [2.24, 2.45) is 0 Å². The summed E-state index contributed by atoms with van der Waals surface area (Å²) in [7, 11) is 0. The maximum atomic E-state index is 10.8. The molecule has 0 aliphatic rings. The zero-order valence-electron chi connectivity index (χ0n) is 7.09. The molecule has 0 aromatic rings. The zero-order valence-corrected chi connectivity index (χ0v) is 7.09. The number of unbranched alkanes of at least 4 members (excludes halogenated alkanes) is 1. The highest BCUT2D eigenvalue weighted by molar-refractivity contribution is 5.69. The summed E-state index contributed by atoms with van der Waals surface area (Å²) in [5, 5.41) is 0. The van der Waals surface area contributed by atoms with Crippen LogP contribution in [-0.2, 0) is 9.53 Å². The van der Waals surface area contributed by atoms with Crippen molar-refractivity contribution < 1.29 is 9.53 Å². The van der Waals surface area contributed by atoms with Crippen molar-refractivity contribution in [3.05, 3.63) is 18.1 Å². The van der Waals surface area contributed by atoms with Crippen molar-refractivity contribution in [3.63, 3.8) is 0 Å². The highest BCUT2D eigenvalue weighted by Crippen LogP contribution is 1.95. The van der Waals surface area contributed by atoms with Crippen molar-refractivity contribution in [2.45, 2.75) is 33.1 Å². The summed E-state index contributed by atoms with van der Waals surface area (Å²) in [5.74, 6) is -0.179. The van der Waals surface area contributed by atoms with E-state index in [-0.39, 0.29) is 5.97 Å². The van der Waals surface area contributed by atoms with Gasteiger partial charge in [0.05, 0.1) is 0 Å². The monoisotopic (exact) mass is 154 g/mol. The first-order chi connectivity index (χ1) is 5.31. The van der Waals surface area contributed by atoms with Gasteiger partial charge < -0.3 is 4.74 Å². The predicted octanol–water partition coefficient (Wildman–Crippen LogP) is 2.41. The molecule has 0 unspecified atom stereocenters. The Labute approximate surface area is 67.6 Å². The Morgan fingerprint density at radius 2 is 2.36 bits per heavy atom. The number of rotatable bonds is 4. The van der Waals surface area contributed by atoms with Crippen LogP contribution in [0.3, 0.4) is 0 Å². The van der Waals surface area contributed by atoms with Crippen LogP contribution in [-0.4, -0.2) is 5.97 Å². The third-order valence-corrected chi connectivity index (χ3v) is 1.16. The fourth-order valence-corrected chi connectivity index (χ4v) is 0.548. The molecule has 0 radical (unpaired) electrons. The van der Waals surface area contributed by atoms with E-state index < -0.39 is 0 Å². The molecule has 0 aromatic heterocycles. The summed E-state index contributed by atoms with van der Waals surface area (Å²) in [6.45, 7) is 3.85. The average Bonchev–Trinajstić information content (AvgIpc) is 2.01. The summed E-state index contributed by atoms with van der Waals surface area (Å²) in [5.41, 5.74) is 2.66. The van der Waals surface area contributed by atoms with E-state index in [9.17, 15) is 4.79 Å². The van der Waals surface area contributed by atoms with Crippen molar-refractivity contribution in [2.75, 3.05) is 0 Å². The van der Waals surface area contributed by atoms with E-state index >= 15 is 0 Å². The van der Waals surface area contributed by atoms with Gasteiger partial charge in [-0.2, -0.15) is 0 Å². The lowest BCUT2D eigenvalue weighted by Gasteiger charge is -1.94. The maximum Gasteiger partial charge on any atom is 0.311 e. The number of allylic oxidation sites excluding steroid dienone is 1. The first kappa shape index (κ1) is 9.99. The van der Waals surface area contributed by atoms with Crippen LogP contribution < -0.4 is 0 Å². The zero-order chi connectivity index (χ0) is 8.53. The largest absolute Gasteiger partial charge is 0.426 e. The van der Waals surface area contributed by atoms with E-state index in [0.717, 1.165) is 12.8 Å². The summed E-state index contributed by atoms with van der Waals surface area (Å²) >= 11 is 0. The third kappa shape index (κ3) is 6.88. The van der Waals surface area contributed by atoms with Gasteiger partial charge in [0.25, 0.3) is 0 Å². The molecule has 0 heterocycles. The van der Waals surface area contributed by atoms with Crippen LogP contribution in [0.1, 0.15) is 33.1 Å². The Morgan fingerprint density at radius 1 is 1.64 bits per heavy atom. The number of ether oxygens (including phenoxy) is 1. The first-order valence-corrected chi connectivity index (χ1v) is 3.86. The lowest BCUT2D eigenvalue weighted by Crippen LogP contribution is -1.97.